The van der Waals surface area contributed by atoms with E-state index < -0.39 is 0 Å². The highest BCUT2D eigenvalue weighted by Crippen LogP contribution is 1.82. The number of carbonyl (C=O) groups is 1. The van der Waals surface area contributed by atoms with Gasteiger partial charge in [0.1, 0.15) is 0 Å². The molecule has 0 aromatic rings. The van der Waals surface area contributed by atoms with Crippen molar-refractivity contribution >= 4 is 28.4 Å². The van der Waals surface area contributed by atoms with Gasteiger partial charge < -0.3 is 0 Å². The van der Waals surface area contributed by atoms with Crippen molar-refractivity contribution in [2.45, 2.75) is 6.92 Å². The van der Waals surface area contributed by atoms with Crippen LogP contribution in [0.1, 0.15) is 6.92 Å². The lowest BCUT2D eigenvalue weighted by atomic mass is 10.5. The lowest BCUT2D eigenvalue weighted by Crippen LogP contribution is -1.75. The Hall–Kier alpha value is 0.140. The maximum Gasteiger partial charge on any atom is 0.153 e. The van der Waals surface area contributed by atoms with E-state index in [2.05, 4.69) is 0 Å². The third-order valence-corrected chi connectivity index (χ3v) is 0.657. The summed E-state index contributed by atoms with van der Waals surface area (Å²) < 4.78 is 1.69. The molecule has 0 fully saturated rings. The van der Waals surface area contributed by atoms with E-state index in [0.29, 0.717) is 0 Å². The van der Waals surface area contributed by atoms with Crippen LogP contribution >= 0.6 is 22.6 Å². The Labute approximate surface area is 50.6 Å². The summed E-state index contributed by atoms with van der Waals surface area (Å²) in [6.45, 7) is 1.52. The van der Waals surface area contributed by atoms with Crippen LogP contribution in [0.25, 0.3) is 0 Å². The fourth-order valence-electron chi connectivity index (χ4n) is 0.0887. The Balaban J connectivity index is 3.30. The number of halogens is 1. The van der Waals surface area contributed by atoms with Crippen LogP contribution in [0, 0.1) is 0 Å². The lowest BCUT2D eigenvalue weighted by Gasteiger charge is -1.67. The van der Waals surface area contributed by atoms with Crippen molar-refractivity contribution < 1.29 is 4.79 Å². The summed E-state index contributed by atoms with van der Waals surface area (Å²) in [5.41, 5.74) is 0. The normalized spacial score (nSPS) is 9.67. The van der Waals surface area contributed by atoms with Gasteiger partial charge in [-0.3, -0.25) is 4.79 Å². The summed E-state index contributed by atoms with van der Waals surface area (Å²) in [6.07, 6.45) is 1.51. The van der Waals surface area contributed by atoms with Crippen molar-refractivity contribution in [1.29, 1.82) is 0 Å². The largest absolute Gasteiger partial charge is 0.295 e. The van der Waals surface area contributed by atoms with Crippen LogP contribution in [0.15, 0.2) is 10.2 Å². The summed E-state index contributed by atoms with van der Waals surface area (Å²) in [5.74, 6) is 0.101. The zero-order chi connectivity index (χ0) is 4.99. The molecule has 0 aromatic carbocycles. The molecule has 0 saturated carbocycles. The maximum atomic E-state index is 9.95. The molecule has 0 aliphatic rings. The maximum absolute atomic E-state index is 9.95. The van der Waals surface area contributed by atoms with Crippen molar-refractivity contribution in [2.75, 3.05) is 0 Å². The molecule has 0 aliphatic heterocycles. The molecule has 0 unspecified atom stereocenters. The van der Waals surface area contributed by atoms with E-state index >= 15 is 0 Å². The quantitative estimate of drug-likeness (QED) is 0.459. The lowest BCUT2D eigenvalue weighted by molar-refractivity contribution is -0.112. The van der Waals surface area contributed by atoms with Crippen LogP contribution in [0.5, 0.6) is 0 Å². The zero-order valence-corrected chi connectivity index (χ0v) is 5.60. The van der Waals surface area contributed by atoms with E-state index in [9.17, 15) is 4.79 Å². The van der Waals surface area contributed by atoms with Crippen LogP contribution in [0.4, 0.5) is 0 Å². The fourth-order valence-corrected chi connectivity index (χ4v) is 0.595. The second-order valence-electron chi connectivity index (χ2n) is 0.903. The summed E-state index contributed by atoms with van der Waals surface area (Å²) in [5, 5.41) is 0. The van der Waals surface area contributed by atoms with Gasteiger partial charge in [-0.2, -0.15) is 0 Å². The summed E-state index contributed by atoms with van der Waals surface area (Å²) in [7, 11) is 0. The average molecular weight is 196 g/mol. The third-order valence-electron chi connectivity index (χ3n) is 0.298. The van der Waals surface area contributed by atoms with E-state index in [0.717, 1.165) is 0 Å². The minimum atomic E-state index is 0.101. The highest BCUT2D eigenvalue weighted by Gasteiger charge is 1.73. The van der Waals surface area contributed by atoms with Crippen LogP contribution < -0.4 is 0 Å². The molecule has 0 aromatic heterocycles. The standard InChI is InChI=1S/C4H5IO/c1-4(6)2-3-5/h2-3H,1H3/b3-2-. The Bertz CT molecular complexity index is 75.6. The number of hydrogen-bond donors (Lipinski definition) is 0. The Kier molecular flexibility index (Phi) is 3.41. The molecule has 34 valence electrons. The Morgan fingerprint density at radius 2 is 2.33 bits per heavy atom. The number of rotatable bonds is 1. The van der Waals surface area contributed by atoms with Gasteiger partial charge in [0.15, 0.2) is 5.78 Å². The number of hydrogen-bond acceptors (Lipinski definition) is 1. The SMILES string of the molecule is CC(=O)/C=C\I. The summed E-state index contributed by atoms with van der Waals surface area (Å²) >= 11 is 2.00. The van der Waals surface area contributed by atoms with Crippen LogP contribution in [-0.4, -0.2) is 5.78 Å². The predicted octanol–water partition coefficient (Wildman–Crippen LogP) is 1.52. The van der Waals surface area contributed by atoms with Gasteiger partial charge in [-0.05, 0) is 17.1 Å². The van der Waals surface area contributed by atoms with E-state index in [1.807, 2.05) is 22.6 Å². The van der Waals surface area contributed by atoms with Gasteiger partial charge in [0.2, 0.25) is 0 Å². The first-order valence-corrected chi connectivity index (χ1v) is 2.79. The van der Waals surface area contributed by atoms with E-state index in [1.165, 1.54) is 13.0 Å². The molecule has 6 heavy (non-hydrogen) atoms. The first kappa shape index (κ1) is 6.14. The molecule has 0 rings (SSSR count). The molecule has 1 nitrogen and oxygen atoms in total. The Morgan fingerprint density at radius 3 is 2.33 bits per heavy atom. The summed E-state index contributed by atoms with van der Waals surface area (Å²) in [6, 6.07) is 0. The molecule has 0 bridgehead atoms. The van der Waals surface area contributed by atoms with Gasteiger partial charge in [-0.15, -0.1) is 0 Å². The number of ketones is 1. The molecule has 0 heterocycles. The van der Waals surface area contributed by atoms with E-state index in [1.54, 1.807) is 4.08 Å². The zero-order valence-electron chi connectivity index (χ0n) is 3.44. The van der Waals surface area contributed by atoms with E-state index in [-0.39, 0.29) is 5.78 Å². The molecule has 0 atom stereocenters. The van der Waals surface area contributed by atoms with Crippen LogP contribution in [0.2, 0.25) is 0 Å². The number of carbonyl (C=O) groups excluding carboxylic acids is 1. The molecule has 2 heteroatoms. The monoisotopic (exact) mass is 196 g/mol. The molecule has 0 radical (unpaired) electrons. The van der Waals surface area contributed by atoms with Gasteiger partial charge in [0.25, 0.3) is 0 Å². The van der Waals surface area contributed by atoms with Gasteiger partial charge in [0, 0.05) is 0 Å². The van der Waals surface area contributed by atoms with Crippen molar-refractivity contribution in [3.63, 3.8) is 0 Å². The molecule has 0 spiro atoms. The Morgan fingerprint density at radius 1 is 1.83 bits per heavy atom. The second-order valence-corrected chi connectivity index (χ2v) is 1.62. The summed E-state index contributed by atoms with van der Waals surface area (Å²) in [4.78, 5) is 9.95. The van der Waals surface area contributed by atoms with E-state index in [4.69, 9.17) is 0 Å². The molecular formula is C4H5IO. The van der Waals surface area contributed by atoms with Gasteiger partial charge in [-0.25, -0.2) is 0 Å². The minimum absolute atomic E-state index is 0.101. The first-order chi connectivity index (χ1) is 2.77. The number of allylic oxidation sites excluding steroid dienone is 1. The molecular weight excluding hydrogens is 191 g/mol. The molecule has 0 amide bonds. The van der Waals surface area contributed by atoms with Crippen molar-refractivity contribution in [2.24, 2.45) is 0 Å². The van der Waals surface area contributed by atoms with Gasteiger partial charge in [0.05, 0.1) is 0 Å². The average Bonchev–Trinajstić information content (AvgIpc) is 1.35. The topological polar surface area (TPSA) is 17.1 Å². The fraction of sp³-hybridized carbons (Fsp3) is 0.250. The molecule has 0 aliphatic carbocycles. The van der Waals surface area contributed by atoms with Gasteiger partial charge >= 0.3 is 0 Å². The van der Waals surface area contributed by atoms with Crippen molar-refractivity contribution in [3.8, 4) is 0 Å². The minimum Gasteiger partial charge on any atom is -0.295 e. The van der Waals surface area contributed by atoms with Crippen LogP contribution in [0.3, 0.4) is 0 Å². The van der Waals surface area contributed by atoms with Crippen molar-refractivity contribution in [1.82, 2.24) is 0 Å². The molecule has 0 saturated heterocycles. The highest BCUT2D eigenvalue weighted by atomic mass is 127. The smallest absolute Gasteiger partial charge is 0.153 e. The first-order valence-electron chi connectivity index (χ1n) is 1.54. The van der Waals surface area contributed by atoms with Crippen molar-refractivity contribution in [3.05, 3.63) is 10.2 Å². The molecule has 0 N–H and O–H groups in total. The predicted molar refractivity (Wildman–Crippen MR) is 33.8 cm³/mol. The van der Waals surface area contributed by atoms with Crippen LogP contribution in [-0.2, 0) is 4.79 Å². The van der Waals surface area contributed by atoms with Gasteiger partial charge in [-0.1, -0.05) is 22.6 Å². The third kappa shape index (κ3) is 4.14. The second kappa shape index (κ2) is 3.33. The highest BCUT2D eigenvalue weighted by molar-refractivity contribution is 14.1.